The molecule has 0 saturated carbocycles. The number of thiophene rings is 1. The van der Waals surface area contributed by atoms with Crippen molar-refractivity contribution in [3.8, 4) is 0 Å². The Morgan fingerprint density at radius 2 is 2.08 bits per heavy atom. The minimum Gasteiger partial charge on any atom is -0.459 e. The summed E-state index contributed by atoms with van der Waals surface area (Å²) in [7, 11) is 1.55. The lowest BCUT2D eigenvalue weighted by atomic mass is 9.68. The maximum Gasteiger partial charge on any atom is 0.234 e. The number of hydrogen-bond acceptors (Lipinski definition) is 8. The molecule has 3 N–H and O–H groups in total. The van der Waals surface area contributed by atoms with E-state index in [1.807, 2.05) is 30.5 Å². The second kappa shape index (κ2) is 11.7. The van der Waals surface area contributed by atoms with Crippen molar-refractivity contribution < 1.29 is 34.1 Å². The van der Waals surface area contributed by atoms with E-state index in [1.165, 1.54) is 16.2 Å². The number of imide groups is 1. The van der Waals surface area contributed by atoms with Crippen molar-refractivity contribution in [1.82, 2.24) is 4.90 Å². The zero-order chi connectivity index (χ0) is 25.8. The Morgan fingerprint density at radius 1 is 1.28 bits per heavy atom. The van der Waals surface area contributed by atoms with Crippen molar-refractivity contribution in [1.29, 1.82) is 0 Å². The smallest absolute Gasteiger partial charge is 0.234 e. The minimum atomic E-state index is -0.893. The Bertz CT molecular complexity index is 1130. The number of allylic oxidation sites excluding steroid dienone is 1. The molecule has 8 nitrogen and oxygen atoms in total. The van der Waals surface area contributed by atoms with Gasteiger partial charge in [0.25, 0.3) is 0 Å². The quantitative estimate of drug-likeness (QED) is 0.311. The number of aliphatic hydroxyl groups is 3. The Kier molecular flexibility index (Phi) is 8.58. The van der Waals surface area contributed by atoms with Crippen LogP contribution in [0.15, 0.2) is 50.8 Å². The molecule has 3 heterocycles. The third-order valence-corrected chi connectivity index (χ3v) is 7.94. The van der Waals surface area contributed by atoms with Crippen LogP contribution in [0.1, 0.15) is 42.6 Å². The number of methoxy groups -OCH3 is 1. The van der Waals surface area contributed by atoms with Crippen LogP contribution in [0.5, 0.6) is 0 Å². The van der Waals surface area contributed by atoms with Gasteiger partial charge in [0, 0.05) is 17.9 Å². The minimum absolute atomic E-state index is 0.168. The number of furan rings is 1. The molecular formula is C27H33NO7S. The molecule has 2 amide bonds. The number of fused-ring (bicyclic) bond motifs is 1. The molecule has 0 bridgehead atoms. The highest BCUT2D eigenvalue weighted by molar-refractivity contribution is 7.09. The lowest BCUT2D eigenvalue weighted by Crippen LogP contribution is -2.39. The normalized spacial score (nSPS) is 23.5. The van der Waals surface area contributed by atoms with E-state index >= 15 is 0 Å². The van der Waals surface area contributed by atoms with E-state index < -0.39 is 23.9 Å². The Morgan fingerprint density at radius 3 is 2.72 bits per heavy atom. The van der Waals surface area contributed by atoms with E-state index in [4.69, 9.17) is 9.15 Å². The third kappa shape index (κ3) is 5.40. The number of likely N-dealkylation sites (tertiary alicyclic amines) is 1. The highest BCUT2D eigenvalue weighted by Crippen LogP contribution is 2.46. The molecule has 9 heteroatoms. The van der Waals surface area contributed by atoms with Crippen LogP contribution in [0.2, 0.25) is 0 Å². The second-order valence-corrected chi connectivity index (χ2v) is 10.5. The van der Waals surface area contributed by atoms with E-state index in [0.717, 1.165) is 16.0 Å². The number of rotatable bonds is 11. The average Bonchev–Trinajstić information content (AvgIpc) is 3.60. The van der Waals surface area contributed by atoms with E-state index in [0.29, 0.717) is 36.4 Å². The van der Waals surface area contributed by atoms with Gasteiger partial charge in [0.2, 0.25) is 11.8 Å². The van der Waals surface area contributed by atoms with Crippen LogP contribution < -0.4 is 0 Å². The van der Waals surface area contributed by atoms with Crippen molar-refractivity contribution in [2.45, 2.75) is 45.4 Å². The highest BCUT2D eigenvalue weighted by atomic mass is 32.1. The molecule has 36 heavy (non-hydrogen) atoms. The SMILES string of the molecule is COCC1=C([C@H](O)CC/C(C)=C/c2ccc(CO)o2)[C@H](CO)[C@@H]2C(=O)N(Cc3cccs3)C(=O)[C@@H]2C1. The van der Waals surface area contributed by atoms with Gasteiger partial charge in [0.1, 0.15) is 18.1 Å². The summed E-state index contributed by atoms with van der Waals surface area (Å²) < 4.78 is 10.9. The molecule has 1 aliphatic heterocycles. The van der Waals surface area contributed by atoms with Gasteiger partial charge < -0.3 is 24.5 Å². The number of amides is 2. The molecule has 2 aromatic heterocycles. The first-order valence-electron chi connectivity index (χ1n) is 12.1. The van der Waals surface area contributed by atoms with Gasteiger partial charge in [-0.3, -0.25) is 14.5 Å². The van der Waals surface area contributed by atoms with E-state index in [2.05, 4.69) is 0 Å². The molecule has 1 aliphatic carbocycles. The fourth-order valence-electron chi connectivity index (χ4n) is 5.44. The van der Waals surface area contributed by atoms with Crippen LogP contribution in [-0.4, -0.2) is 58.5 Å². The van der Waals surface area contributed by atoms with Crippen molar-refractivity contribution >= 4 is 29.2 Å². The molecule has 4 atom stereocenters. The van der Waals surface area contributed by atoms with Gasteiger partial charge in [0.15, 0.2) is 0 Å². The molecule has 2 aromatic rings. The van der Waals surface area contributed by atoms with Crippen molar-refractivity contribution in [3.63, 3.8) is 0 Å². The second-order valence-electron chi connectivity index (χ2n) is 9.47. The third-order valence-electron chi connectivity index (χ3n) is 7.08. The fourth-order valence-corrected chi connectivity index (χ4v) is 6.13. The first-order chi connectivity index (χ1) is 17.4. The number of ether oxygens (including phenoxy) is 1. The molecule has 2 aliphatic rings. The van der Waals surface area contributed by atoms with Crippen LogP contribution in [0.4, 0.5) is 0 Å². The predicted molar refractivity (Wildman–Crippen MR) is 134 cm³/mol. The molecule has 1 fully saturated rings. The maximum atomic E-state index is 13.4. The van der Waals surface area contributed by atoms with Crippen LogP contribution in [-0.2, 0) is 27.5 Å². The standard InChI is InChI=1S/C27H33NO7S/c1-16(10-18-6-7-19(13-29)35-18)5-8-23(31)24-17(15-34-2)11-21-25(22(24)14-30)27(33)28(26(21)32)12-20-4-3-9-36-20/h3-4,6-7,9-10,21-23,25,29-31H,5,8,11-15H2,1-2H3/b16-10+/t21-,22+,23-,25-/m1/s1. The monoisotopic (exact) mass is 515 g/mol. The molecule has 0 radical (unpaired) electrons. The van der Waals surface area contributed by atoms with E-state index in [9.17, 15) is 24.9 Å². The summed E-state index contributed by atoms with van der Waals surface area (Å²) in [6, 6.07) is 7.26. The summed E-state index contributed by atoms with van der Waals surface area (Å²) in [4.78, 5) is 28.9. The van der Waals surface area contributed by atoms with Crippen LogP contribution >= 0.6 is 11.3 Å². The van der Waals surface area contributed by atoms with Gasteiger partial charge in [0.05, 0.1) is 37.7 Å². The molecule has 194 valence electrons. The van der Waals surface area contributed by atoms with Crippen LogP contribution in [0.25, 0.3) is 6.08 Å². The van der Waals surface area contributed by atoms with Gasteiger partial charge >= 0.3 is 0 Å². The summed E-state index contributed by atoms with van der Waals surface area (Å²) in [6.07, 6.45) is 2.24. The topological polar surface area (TPSA) is 120 Å². The molecule has 1 saturated heterocycles. The highest BCUT2D eigenvalue weighted by Gasteiger charge is 2.54. The van der Waals surface area contributed by atoms with Gasteiger partial charge in [-0.05, 0) is 67.0 Å². The summed E-state index contributed by atoms with van der Waals surface area (Å²) in [5.41, 5.74) is 2.38. The fraction of sp³-hybridized carbons (Fsp3) is 0.481. The van der Waals surface area contributed by atoms with Gasteiger partial charge in [-0.25, -0.2) is 0 Å². The first-order valence-corrected chi connectivity index (χ1v) is 13.0. The zero-order valence-corrected chi connectivity index (χ0v) is 21.4. The lowest BCUT2D eigenvalue weighted by Gasteiger charge is -2.36. The average molecular weight is 516 g/mol. The van der Waals surface area contributed by atoms with E-state index in [1.54, 1.807) is 19.2 Å². The summed E-state index contributed by atoms with van der Waals surface area (Å²) >= 11 is 1.49. The van der Waals surface area contributed by atoms with Gasteiger partial charge in [-0.2, -0.15) is 0 Å². The molecular weight excluding hydrogens is 482 g/mol. The molecule has 0 aromatic carbocycles. The van der Waals surface area contributed by atoms with Crippen molar-refractivity contribution in [2.75, 3.05) is 20.3 Å². The number of hydrogen-bond donors (Lipinski definition) is 3. The number of carbonyl (C=O) groups is 2. The number of carbonyl (C=O) groups excluding carboxylic acids is 2. The van der Waals surface area contributed by atoms with Crippen LogP contribution in [0.3, 0.4) is 0 Å². The molecule has 0 spiro atoms. The first kappa shape index (κ1) is 26.5. The molecule has 0 unspecified atom stereocenters. The van der Waals surface area contributed by atoms with Gasteiger partial charge in [-0.15, -0.1) is 11.3 Å². The maximum absolute atomic E-state index is 13.4. The van der Waals surface area contributed by atoms with E-state index in [-0.39, 0.29) is 38.2 Å². The Balaban J connectivity index is 1.53. The number of nitrogens with zero attached hydrogens (tertiary/aromatic N) is 1. The predicted octanol–water partition coefficient (Wildman–Crippen LogP) is 3.13. The zero-order valence-electron chi connectivity index (χ0n) is 20.6. The van der Waals surface area contributed by atoms with Gasteiger partial charge in [-0.1, -0.05) is 11.6 Å². The summed E-state index contributed by atoms with van der Waals surface area (Å²) in [6.45, 7) is 1.88. The summed E-state index contributed by atoms with van der Waals surface area (Å²) in [5.74, 6) is -1.29. The Labute approximate surface area is 214 Å². The van der Waals surface area contributed by atoms with Crippen LogP contribution in [0, 0.1) is 17.8 Å². The lowest BCUT2D eigenvalue weighted by molar-refractivity contribution is -0.140. The van der Waals surface area contributed by atoms with Crippen molar-refractivity contribution in [3.05, 3.63) is 62.8 Å². The summed E-state index contributed by atoms with van der Waals surface area (Å²) in [5, 5.41) is 32.7. The largest absolute Gasteiger partial charge is 0.459 e. The Hall–Kier alpha value is -2.56. The molecule has 4 rings (SSSR count). The number of aliphatic hydroxyl groups excluding tert-OH is 3. The van der Waals surface area contributed by atoms with Crippen molar-refractivity contribution in [2.24, 2.45) is 17.8 Å².